The molecule has 5 nitrogen and oxygen atoms in total. The highest BCUT2D eigenvalue weighted by Gasteiger charge is 2.30. The molecule has 3 heterocycles. The van der Waals surface area contributed by atoms with Crippen molar-refractivity contribution >= 4 is 0 Å². The molecule has 5 heteroatoms. The molecule has 0 radical (unpaired) electrons. The van der Waals surface area contributed by atoms with Gasteiger partial charge >= 0.3 is 0 Å². The number of nitrogens with zero attached hydrogens (tertiary/aromatic N) is 3. The van der Waals surface area contributed by atoms with Crippen LogP contribution in [0.25, 0.3) is 0 Å². The molecule has 1 unspecified atom stereocenters. The van der Waals surface area contributed by atoms with Gasteiger partial charge in [-0.15, -0.1) is 10.2 Å². The summed E-state index contributed by atoms with van der Waals surface area (Å²) < 4.78 is 11.2. The van der Waals surface area contributed by atoms with Gasteiger partial charge in [-0.2, -0.15) is 0 Å². The van der Waals surface area contributed by atoms with E-state index in [1.807, 2.05) is 12.1 Å². The minimum atomic E-state index is -0.0856. The van der Waals surface area contributed by atoms with Gasteiger partial charge < -0.3 is 8.83 Å². The zero-order chi connectivity index (χ0) is 14.2. The molecule has 0 saturated carbocycles. The summed E-state index contributed by atoms with van der Waals surface area (Å²) in [5, 5.41) is 8.41. The summed E-state index contributed by atoms with van der Waals surface area (Å²) in [4.78, 5) is 2.37. The van der Waals surface area contributed by atoms with Crippen LogP contribution in [-0.2, 0) is 12.0 Å². The molecule has 0 aliphatic carbocycles. The Labute approximate surface area is 119 Å². The first-order valence-corrected chi connectivity index (χ1v) is 7.11. The van der Waals surface area contributed by atoms with Gasteiger partial charge in [-0.25, -0.2) is 0 Å². The van der Waals surface area contributed by atoms with Gasteiger partial charge in [-0.3, -0.25) is 4.90 Å². The fourth-order valence-corrected chi connectivity index (χ4v) is 2.50. The highest BCUT2D eigenvalue weighted by Crippen LogP contribution is 2.29. The zero-order valence-electron chi connectivity index (χ0n) is 12.3. The van der Waals surface area contributed by atoms with E-state index in [0.29, 0.717) is 5.92 Å². The third-order valence-electron chi connectivity index (χ3n) is 3.66. The highest BCUT2D eigenvalue weighted by atomic mass is 16.4. The second-order valence-electron chi connectivity index (χ2n) is 6.50. The average Bonchev–Trinajstić information content (AvgIpc) is 3.08. The number of hydrogen-bond acceptors (Lipinski definition) is 5. The quantitative estimate of drug-likeness (QED) is 0.862. The maximum atomic E-state index is 5.84. The Hall–Kier alpha value is -1.62. The van der Waals surface area contributed by atoms with Crippen LogP contribution in [0.5, 0.6) is 0 Å². The largest absolute Gasteiger partial charge is 0.468 e. The molecule has 1 atom stereocenters. The van der Waals surface area contributed by atoms with Crippen molar-refractivity contribution in [1.29, 1.82) is 0 Å². The first-order chi connectivity index (χ1) is 9.52. The third-order valence-corrected chi connectivity index (χ3v) is 3.66. The lowest BCUT2D eigenvalue weighted by molar-refractivity contribution is 0.287. The van der Waals surface area contributed by atoms with Gasteiger partial charge in [-0.05, 0) is 25.1 Å². The van der Waals surface area contributed by atoms with Gasteiger partial charge in [0.05, 0.1) is 18.7 Å². The molecule has 0 spiro atoms. The molecule has 0 N–H and O–H groups in total. The maximum Gasteiger partial charge on any atom is 0.221 e. The molecule has 1 aliphatic rings. The van der Waals surface area contributed by atoms with Crippen molar-refractivity contribution in [2.24, 2.45) is 0 Å². The third kappa shape index (κ3) is 2.77. The van der Waals surface area contributed by atoms with Crippen LogP contribution in [0.1, 0.15) is 50.7 Å². The molecule has 1 saturated heterocycles. The monoisotopic (exact) mass is 275 g/mol. The molecule has 108 valence electrons. The van der Waals surface area contributed by atoms with Crippen molar-refractivity contribution in [2.75, 3.05) is 13.1 Å². The van der Waals surface area contributed by atoms with E-state index in [1.165, 1.54) is 0 Å². The van der Waals surface area contributed by atoms with Crippen molar-refractivity contribution in [3.8, 4) is 0 Å². The van der Waals surface area contributed by atoms with Crippen molar-refractivity contribution in [2.45, 2.75) is 45.1 Å². The fraction of sp³-hybridized carbons (Fsp3) is 0.600. The molecule has 1 fully saturated rings. The van der Waals surface area contributed by atoms with E-state index in [-0.39, 0.29) is 5.41 Å². The van der Waals surface area contributed by atoms with Crippen LogP contribution in [0.15, 0.2) is 27.2 Å². The Morgan fingerprint density at radius 1 is 1.35 bits per heavy atom. The van der Waals surface area contributed by atoms with Crippen molar-refractivity contribution in [3.63, 3.8) is 0 Å². The number of furan rings is 1. The van der Waals surface area contributed by atoms with E-state index in [4.69, 9.17) is 8.83 Å². The fourth-order valence-electron chi connectivity index (χ4n) is 2.50. The lowest BCUT2D eigenvalue weighted by atomic mass is 9.97. The van der Waals surface area contributed by atoms with Crippen LogP contribution in [0.2, 0.25) is 0 Å². The molecule has 2 aromatic heterocycles. The first-order valence-electron chi connectivity index (χ1n) is 7.11. The number of rotatable bonds is 3. The van der Waals surface area contributed by atoms with E-state index in [2.05, 4.69) is 35.9 Å². The molecule has 0 bridgehead atoms. The Morgan fingerprint density at radius 2 is 2.20 bits per heavy atom. The lowest BCUT2D eigenvalue weighted by Crippen LogP contribution is -2.19. The molecule has 1 aliphatic heterocycles. The van der Waals surface area contributed by atoms with Gasteiger partial charge in [0.1, 0.15) is 5.76 Å². The molecular weight excluding hydrogens is 254 g/mol. The van der Waals surface area contributed by atoms with Crippen LogP contribution in [0, 0.1) is 0 Å². The summed E-state index contributed by atoms with van der Waals surface area (Å²) in [5.74, 6) is 2.84. The molecule has 0 aromatic carbocycles. The van der Waals surface area contributed by atoms with Gasteiger partial charge in [0.25, 0.3) is 0 Å². The van der Waals surface area contributed by atoms with Gasteiger partial charge in [0.2, 0.25) is 11.8 Å². The number of aromatic nitrogens is 2. The van der Waals surface area contributed by atoms with Gasteiger partial charge in [0.15, 0.2) is 0 Å². The predicted octanol–water partition coefficient (Wildman–Crippen LogP) is 2.95. The maximum absolute atomic E-state index is 5.84. The van der Waals surface area contributed by atoms with Crippen LogP contribution in [0.3, 0.4) is 0 Å². The second kappa shape index (κ2) is 5.05. The van der Waals surface area contributed by atoms with Gasteiger partial charge in [-0.1, -0.05) is 20.8 Å². The zero-order valence-corrected chi connectivity index (χ0v) is 12.3. The van der Waals surface area contributed by atoms with Crippen molar-refractivity contribution < 1.29 is 8.83 Å². The Kier molecular flexibility index (Phi) is 3.38. The van der Waals surface area contributed by atoms with E-state index in [0.717, 1.165) is 43.6 Å². The van der Waals surface area contributed by atoms with Crippen LogP contribution >= 0.6 is 0 Å². The van der Waals surface area contributed by atoms with E-state index < -0.39 is 0 Å². The molecular formula is C15H21N3O2. The van der Waals surface area contributed by atoms with Crippen molar-refractivity contribution in [1.82, 2.24) is 15.1 Å². The summed E-state index contributed by atoms with van der Waals surface area (Å²) >= 11 is 0. The Morgan fingerprint density at radius 3 is 2.85 bits per heavy atom. The molecule has 0 amide bonds. The summed E-state index contributed by atoms with van der Waals surface area (Å²) in [6, 6.07) is 3.94. The van der Waals surface area contributed by atoms with Crippen molar-refractivity contribution in [3.05, 3.63) is 35.9 Å². The standard InChI is InChI=1S/C15H21N3O2/c1-15(2,3)14-17-16-13(20-14)11-6-7-18(9-11)10-12-5-4-8-19-12/h4-5,8,11H,6-7,9-10H2,1-3H3. The summed E-state index contributed by atoms with van der Waals surface area (Å²) in [6.07, 6.45) is 2.78. The minimum Gasteiger partial charge on any atom is -0.468 e. The normalized spacial score (nSPS) is 20.6. The summed E-state index contributed by atoms with van der Waals surface area (Å²) in [7, 11) is 0. The summed E-state index contributed by atoms with van der Waals surface area (Å²) in [5.41, 5.74) is -0.0856. The average molecular weight is 275 g/mol. The van der Waals surface area contributed by atoms with Crippen LogP contribution < -0.4 is 0 Å². The summed E-state index contributed by atoms with van der Waals surface area (Å²) in [6.45, 7) is 9.10. The Balaban J connectivity index is 1.63. The SMILES string of the molecule is CC(C)(C)c1nnc(C2CCN(Cc3ccco3)C2)o1. The van der Waals surface area contributed by atoms with E-state index >= 15 is 0 Å². The predicted molar refractivity (Wildman–Crippen MR) is 74.3 cm³/mol. The van der Waals surface area contributed by atoms with Crippen LogP contribution in [-0.4, -0.2) is 28.2 Å². The number of likely N-dealkylation sites (tertiary alicyclic amines) is 1. The topological polar surface area (TPSA) is 55.3 Å². The molecule has 3 rings (SSSR count). The van der Waals surface area contributed by atoms with E-state index in [1.54, 1.807) is 6.26 Å². The molecule has 20 heavy (non-hydrogen) atoms. The van der Waals surface area contributed by atoms with E-state index in [9.17, 15) is 0 Å². The lowest BCUT2D eigenvalue weighted by Gasteiger charge is -2.13. The number of hydrogen-bond donors (Lipinski definition) is 0. The second-order valence-corrected chi connectivity index (χ2v) is 6.50. The molecule has 2 aromatic rings. The highest BCUT2D eigenvalue weighted by molar-refractivity contribution is 5.03. The first kappa shape index (κ1) is 13.4. The smallest absolute Gasteiger partial charge is 0.221 e. The van der Waals surface area contributed by atoms with Crippen LogP contribution in [0.4, 0.5) is 0 Å². The Bertz CT molecular complexity index is 554. The van der Waals surface area contributed by atoms with Gasteiger partial charge in [0, 0.05) is 12.0 Å². The minimum absolute atomic E-state index is 0.0856.